The molecule has 3 heteroatoms. The molecule has 0 saturated carbocycles. The molecule has 0 aliphatic carbocycles. The van der Waals surface area contributed by atoms with Crippen LogP contribution in [0, 0.1) is 0 Å². The summed E-state index contributed by atoms with van der Waals surface area (Å²) < 4.78 is 0. The molecule has 0 aliphatic rings. The van der Waals surface area contributed by atoms with Crippen molar-refractivity contribution in [2.24, 2.45) is 0 Å². The molecule has 0 fully saturated rings. The summed E-state index contributed by atoms with van der Waals surface area (Å²) in [5, 5.41) is 8.58. The van der Waals surface area contributed by atoms with Crippen LogP contribution in [0.2, 0.25) is 0 Å². The van der Waals surface area contributed by atoms with Crippen LogP contribution in [-0.2, 0) is 4.79 Å². The van der Waals surface area contributed by atoms with Crippen molar-refractivity contribution in [3.8, 4) is 0 Å². The van der Waals surface area contributed by atoms with Crippen molar-refractivity contribution in [2.45, 2.75) is 45.4 Å². The lowest BCUT2D eigenvalue weighted by molar-refractivity contribution is -0.130. The molecule has 0 atom stereocenters. The van der Waals surface area contributed by atoms with Crippen molar-refractivity contribution in [1.82, 2.24) is 4.90 Å². The van der Waals surface area contributed by atoms with Crippen molar-refractivity contribution >= 4 is 5.91 Å². The molecule has 14 heavy (non-hydrogen) atoms. The second-order valence-electron chi connectivity index (χ2n) is 3.70. The van der Waals surface area contributed by atoms with E-state index in [0.717, 1.165) is 38.6 Å². The zero-order valence-corrected chi connectivity index (χ0v) is 9.46. The largest absolute Gasteiger partial charge is 0.396 e. The van der Waals surface area contributed by atoms with Crippen LogP contribution in [0.1, 0.15) is 45.4 Å². The molecule has 0 aromatic rings. The van der Waals surface area contributed by atoms with Crippen molar-refractivity contribution in [3.63, 3.8) is 0 Å². The molecule has 3 nitrogen and oxygen atoms in total. The quantitative estimate of drug-likeness (QED) is 0.608. The molecule has 0 rings (SSSR count). The van der Waals surface area contributed by atoms with E-state index >= 15 is 0 Å². The zero-order valence-electron chi connectivity index (χ0n) is 9.46. The van der Waals surface area contributed by atoms with Crippen molar-refractivity contribution in [1.29, 1.82) is 0 Å². The number of nitrogens with zero attached hydrogens (tertiary/aromatic N) is 1. The van der Waals surface area contributed by atoms with Gasteiger partial charge < -0.3 is 10.0 Å². The van der Waals surface area contributed by atoms with Gasteiger partial charge in [0.05, 0.1) is 0 Å². The maximum absolute atomic E-state index is 11.4. The number of unbranched alkanes of at least 4 members (excludes halogenated alkanes) is 3. The lowest BCUT2D eigenvalue weighted by atomic mass is 10.2. The van der Waals surface area contributed by atoms with Crippen LogP contribution in [0.15, 0.2) is 0 Å². The predicted molar refractivity (Wildman–Crippen MR) is 58.1 cm³/mol. The average molecular weight is 201 g/mol. The fourth-order valence-corrected chi connectivity index (χ4v) is 1.28. The van der Waals surface area contributed by atoms with Gasteiger partial charge in [-0.25, -0.2) is 0 Å². The minimum Gasteiger partial charge on any atom is -0.396 e. The molecule has 1 amide bonds. The Hall–Kier alpha value is -0.570. The van der Waals surface area contributed by atoms with Crippen LogP contribution in [0.4, 0.5) is 0 Å². The topological polar surface area (TPSA) is 40.5 Å². The fourth-order valence-electron chi connectivity index (χ4n) is 1.28. The molecular formula is C11H23NO2. The van der Waals surface area contributed by atoms with Crippen LogP contribution in [0.25, 0.3) is 0 Å². The maximum Gasteiger partial charge on any atom is 0.222 e. The number of aliphatic hydroxyl groups is 1. The molecule has 0 bridgehead atoms. The van der Waals surface area contributed by atoms with Crippen LogP contribution < -0.4 is 0 Å². The normalized spacial score (nSPS) is 10.2. The Labute approximate surface area is 87.1 Å². The molecule has 0 aromatic heterocycles. The Morgan fingerprint density at radius 1 is 1.21 bits per heavy atom. The fraction of sp³-hybridized carbons (Fsp3) is 0.909. The van der Waals surface area contributed by atoms with E-state index in [2.05, 4.69) is 6.92 Å². The highest BCUT2D eigenvalue weighted by Crippen LogP contribution is 2.01. The van der Waals surface area contributed by atoms with Gasteiger partial charge in [0.25, 0.3) is 0 Å². The van der Waals surface area contributed by atoms with E-state index < -0.39 is 0 Å². The van der Waals surface area contributed by atoms with Gasteiger partial charge >= 0.3 is 0 Å². The highest BCUT2D eigenvalue weighted by molar-refractivity contribution is 5.75. The number of amides is 1. The Kier molecular flexibility index (Phi) is 8.64. The first kappa shape index (κ1) is 13.4. The molecule has 0 unspecified atom stereocenters. The predicted octanol–water partition coefficient (Wildman–Crippen LogP) is 1.80. The third kappa shape index (κ3) is 6.89. The first-order valence-electron chi connectivity index (χ1n) is 5.57. The van der Waals surface area contributed by atoms with E-state index in [1.54, 1.807) is 4.90 Å². The van der Waals surface area contributed by atoms with Gasteiger partial charge in [-0.05, 0) is 25.7 Å². The van der Waals surface area contributed by atoms with Gasteiger partial charge in [-0.2, -0.15) is 0 Å². The van der Waals surface area contributed by atoms with E-state index in [9.17, 15) is 4.79 Å². The van der Waals surface area contributed by atoms with Gasteiger partial charge in [0, 0.05) is 26.6 Å². The highest BCUT2D eigenvalue weighted by Gasteiger charge is 2.06. The number of hydrogen-bond acceptors (Lipinski definition) is 2. The summed E-state index contributed by atoms with van der Waals surface area (Å²) in [4.78, 5) is 13.2. The Morgan fingerprint density at radius 3 is 2.50 bits per heavy atom. The zero-order chi connectivity index (χ0) is 10.8. The van der Waals surface area contributed by atoms with E-state index in [1.807, 2.05) is 7.05 Å². The maximum atomic E-state index is 11.4. The monoisotopic (exact) mass is 201 g/mol. The molecule has 0 heterocycles. The second-order valence-corrected chi connectivity index (χ2v) is 3.70. The first-order valence-corrected chi connectivity index (χ1v) is 5.57. The molecule has 84 valence electrons. The summed E-state index contributed by atoms with van der Waals surface area (Å²) in [6, 6.07) is 0. The molecular weight excluding hydrogens is 178 g/mol. The summed E-state index contributed by atoms with van der Waals surface area (Å²) in [6.07, 6.45) is 5.57. The van der Waals surface area contributed by atoms with E-state index in [-0.39, 0.29) is 12.5 Å². The summed E-state index contributed by atoms with van der Waals surface area (Å²) in [5.41, 5.74) is 0. The molecule has 0 saturated heterocycles. The van der Waals surface area contributed by atoms with Crippen LogP contribution in [0.5, 0.6) is 0 Å². The summed E-state index contributed by atoms with van der Waals surface area (Å²) in [6.45, 7) is 3.17. The first-order chi connectivity index (χ1) is 6.72. The summed E-state index contributed by atoms with van der Waals surface area (Å²) >= 11 is 0. The number of carbonyl (C=O) groups excluding carboxylic acids is 1. The third-order valence-electron chi connectivity index (χ3n) is 2.32. The summed E-state index contributed by atoms with van der Waals surface area (Å²) in [7, 11) is 1.86. The Bertz CT molecular complexity index is 148. The van der Waals surface area contributed by atoms with Gasteiger partial charge in [0.1, 0.15) is 0 Å². The smallest absolute Gasteiger partial charge is 0.222 e. The average Bonchev–Trinajstić information content (AvgIpc) is 2.20. The molecule has 0 aliphatic heterocycles. The molecule has 0 spiro atoms. The minimum atomic E-state index is 0.246. The standard InChI is InChI=1S/C11H23NO2/c1-3-4-8-11(14)12(2)9-6-5-7-10-13/h13H,3-10H2,1-2H3. The van der Waals surface area contributed by atoms with Crippen molar-refractivity contribution < 1.29 is 9.90 Å². The number of carbonyl (C=O) groups is 1. The van der Waals surface area contributed by atoms with E-state index in [0.29, 0.717) is 6.42 Å². The SMILES string of the molecule is CCCCC(=O)N(C)CCCCCO. The lowest BCUT2D eigenvalue weighted by Gasteiger charge is -2.16. The molecule has 0 radical (unpaired) electrons. The van der Waals surface area contributed by atoms with Gasteiger partial charge in [-0.1, -0.05) is 13.3 Å². The number of rotatable bonds is 8. The van der Waals surface area contributed by atoms with Gasteiger partial charge in [-0.3, -0.25) is 4.79 Å². The summed E-state index contributed by atoms with van der Waals surface area (Å²) in [5.74, 6) is 0.246. The van der Waals surface area contributed by atoms with Crippen molar-refractivity contribution in [2.75, 3.05) is 20.2 Å². The van der Waals surface area contributed by atoms with Gasteiger partial charge in [0.15, 0.2) is 0 Å². The third-order valence-corrected chi connectivity index (χ3v) is 2.32. The Morgan fingerprint density at radius 2 is 1.93 bits per heavy atom. The lowest BCUT2D eigenvalue weighted by Crippen LogP contribution is -2.27. The second kappa shape index (κ2) is 9.00. The van der Waals surface area contributed by atoms with Crippen LogP contribution >= 0.6 is 0 Å². The van der Waals surface area contributed by atoms with E-state index in [1.165, 1.54) is 0 Å². The highest BCUT2D eigenvalue weighted by atomic mass is 16.2. The van der Waals surface area contributed by atoms with Gasteiger partial charge in [-0.15, -0.1) is 0 Å². The number of aliphatic hydroxyl groups excluding tert-OH is 1. The van der Waals surface area contributed by atoms with Crippen LogP contribution in [-0.4, -0.2) is 36.1 Å². The minimum absolute atomic E-state index is 0.246. The Balaban J connectivity index is 3.42. The van der Waals surface area contributed by atoms with E-state index in [4.69, 9.17) is 5.11 Å². The number of hydrogen-bond donors (Lipinski definition) is 1. The van der Waals surface area contributed by atoms with Gasteiger partial charge in [0.2, 0.25) is 5.91 Å². The molecule has 1 N–H and O–H groups in total. The molecule has 0 aromatic carbocycles. The van der Waals surface area contributed by atoms with Crippen LogP contribution in [0.3, 0.4) is 0 Å². The van der Waals surface area contributed by atoms with Crippen molar-refractivity contribution in [3.05, 3.63) is 0 Å².